The Morgan fingerprint density at radius 3 is 2.68 bits per heavy atom. The van der Waals surface area contributed by atoms with Gasteiger partial charge in [0.15, 0.2) is 0 Å². The molecule has 1 aromatic rings. The number of hydrogen-bond acceptors (Lipinski definition) is 4. The highest BCUT2D eigenvalue weighted by Crippen LogP contribution is 2.39. The molecule has 2 heterocycles. The first kappa shape index (κ1) is 18.9. The highest BCUT2D eigenvalue weighted by Gasteiger charge is 2.43. The predicted molar refractivity (Wildman–Crippen MR) is 98.4 cm³/mol. The summed E-state index contributed by atoms with van der Waals surface area (Å²) in [4.78, 5) is 25.6. The van der Waals surface area contributed by atoms with Gasteiger partial charge in [0, 0.05) is 11.9 Å². The van der Waals surface area contributed by atoms with Crippen molar-refractivity contribution in [3.8, 4) is 0 Å². The summed E-state index contributed by atoms with van der Waals surface area (Å²) in [6, 6.07) is 3.27. The molecule has 0 saturated carbocycles. The second-order valence-corrected chi connectivity index (χ2v) is 6.55. The Kier molecular flexibility index (Phi) is 6.08. The molecule has 0 aromatic carbocycles. The van der Waals surface area contributed by atoms with Crippen LogP contribution < -0.4 is 0 Å². The van der Waals surface area contributed by atoms with Gasteiger partial charge in [-0.05, 0) is 45.7 Å². The van der Waals surface area contributed by atoms with E-state index in [0.717, 1.165) is 29.1 Å². The van der Waals surface area contributed by atoms with Gasteiger partial charge in [0.05, 0.1) is 23.1 Å². The molecular formula is C20H25N3O2. The molecule has 2 unspecified atom stereocenters. The fourth-order valence-electron chi connectivity index (χ4n) is 3.19. The van der Waals surface area contributed by atoms with Gasteiger partial charge in [0.1, 0.15) is 5.92 Å². The number of esters is 1. The third-order valence-corrected chi connectivity index (χ3v) is 4.25. The van der Waals surface area contributed by atoms with Gasteiger partial charge in [0.25, 0.3) is 6.04 Å². The number of hydrogen-bond donors (Lipinski definition) is 0. The second-order valence-electron chi connectivity index (χ2n) is 6.55. The molecule has 0 saturated heterocycles. The smallest absolute Gasteiger partial charge is 0.337 e. The number of aromatic nitrogens is 1. The van der Waals surface area contributed by atoms with Crippen LogP contribution in [-0.2, 0) is 9.53 Å². The number of carbonyl (C=O) groups is 1. The summed E-state index contributed by atoms with van der Waals surface area (Å²) in [5.41, 5.74) is 3.70. The van der Waals surface area contributed by atoms with E-state index >= 15 is 0 Å². The Hall–Kier alpha value is -2.48. The quantitative estimate of drug-likeness (QED) is 0.595. The standard InChI is InChI=1S/C20H25N3O2/c1-7-9-16-18(20(24)25-12(2)3)17(19(21-6)14(5)23-16)15-10-8-11-22-13(15)4/h8,10-12,17,19H,7,9H2,1-5H3. The Morgan fingerprint density at radius 2 is 2.12 bits per heavy atom. The summed E-state index contributed by atoms with van der Waals surface area (Å²) in [7, 11) is 0. The molecule has 2 rings (SSSR count). The van der Waals surface area contributed by atoms with E-state index in [9.17, 15) is 4.79 Å². The van der Waals surface area contributed by atoms with Crippen LogP contribution in [0.25, 0.3) is 4.85 Å². The molecule has 1 aliphatic rings. The molecule has 0 radical (unpaired) electrons. The van der Waals surface area contributed by atoms with Gasteiger partial charge in [0.2, 0.25) is 0 Å². The molecule has 1 aliphatic heterocycles. The zero-order valence-corrected chi connectivity index (χ0v) is 15.5. The monoisotopic (exact) mass is 339 g/mol. The number of ether oxygens (including phenoxy) is 1. The van der Waals surface area contributed by atoms with Crippen molar-refractivity contribution in [2.24, 2.45) is 4.99 Å². The molecule has 5 heteroatoms. The predicted octanol–water partition coefficient (Wildman–Crippen LogP) is 4.24. The first-order valence-corrected chi connectivity index (χ1v) is 8.67. The largest absolute Gasteiger partial charge is 0.460 e. The van der Waals surface area contributed by atoms with Crippen LogP contribution in [0, 0.1) is 13.5 Å². The number of aliphatic imine (C=N–C) groups is 1. The van der Waals surface area contributed by atoms with E-state index < -0.39 is 12.0 Å². The first-order valence-electron chi connectivity index (χ1n) is 8.67. The SMILES string of the molecule is [C-]#[N+]C1C(C)=NC(CCC)=C(C(=O)OC(C)C)C1c1cccnc1C. The maximum absolute atomic E-state index is 12.9. The van der Waals surface area contributed by atoms with E-state index in [1.165, 1.54) is 0 Å². The van der Waals surface area contributed by atoms with Gasteiger partial charge >= 0.3 is 5.97 Å². The van der Waals surface area contributed by atoms with Gasteiger partial charge in [-0.3, -0.25) is 9.98 Å². The zero-order valence-electron chi connectivity index (χ0n) is 15.5. The molecule has 0 aliphatic carbocycles. The topological polar surface area (TPSA) is 55.9 Å². The Morgan fingerprint density at radius 1 is 1.40 bits per heavy atom. The van der Waals surface area contributed by atoms with Crippen LogP contribution in [-0.4, -0.2) is 28.8 Å². The molecule has 25 heavy (non-hydrogen) atoms. The highest BCUT2D eigenvalue weighted by atomic mass is 16.5. The van der Waals surface area contributed by atoms with Crippen molar-refractivity contribution in [1.29, 1.82) is 0 Å². The molecule has 0 bridgehead atoms. The lowest BCUT2D eigenvalue weighted by molar-refractivity contribution is -0.143. The number of aryl methyl sites for hydroxylation is 1. The number of nitrogens with zero attached hydrogens (tertiary/aromatic N) is 3. The van der Waals surface area contributed by atoms with E-state index in [0.29, 0.717) is 12.0 Å². The molecule has 132 valence electrons. The van der Waals surface area contributed by atoms with Crippen molar-refractivity contribution in [1.82, 2.24) is 4.98 Å². The normalized spacial score (nSPS) is 20.3. The number of rotatable bonds is 5. The summed E-state index contributed by atoms with van der Waals surface area (Å²) in [6.45, 7) is 17.1. The highest BCUT2D eigenvalue weighted by molar-refractivity contribution is 6.00. The lowest BCUT2D eigenvalue weighted by Gasteiger charge is -2.28. The van der Waals surface area contributed by atoms with E-state index in [-0.39, 0.29) is 12.1 Å². The van der Waals surface area contributed by atoms with Gasteiger partial charge in [-0.2, -0.15) is 0 Å². The lowest BCUT2D eigenvalue weighted by atomic mass is 9.79. The van der Waals surface area contributed by atoms with E-state index in [1.807, 2.05) is 39.8 Å². The van der Waals surface area contributed by atoms with Crippen LogP contribution in [0.1, 0.15) is 57.7 Å². The third-order valence-electron chi connectivity index (χ3n) is 4.25. The van der Waals surface area contributed by atoms with Crippen molar-refractivity contribution in [3.63, 3.8) is 0 Å². The third kappa shape index (κ3) is 3.96. The van der Waals surface area contributed by atoms with Crippen molar-refractivity contribution in [3.05, 3.63) is 52.3 Å². The van der Waals surface area contributed by atoms with Gasteiger partial charge in [-0.25, -0.2) is 11.4 Å². The van der Waals surface area contributed by atoms with E-state index in [1.54, 1.807) is 6.20 Å². The molecule has 2 atom stereocenters. The van der Waals surface area contributed by atoms with Gasteiger partial charge in [-0.1, -0.05) is 19.4 Å². The van der Waals surface area contributed by atoms with E-state index in [2.05, 4.69) is 21.7 Å². The fraction of sp³-hybridized carbons (Fsp3) is 0.500. The first-order chi connectivity index (χ1) is 11.9. The summed E-state index contributed by atoms with van der Waals surface area (Å²) < 4.78 is 5.50. The van der Waals surface area contributed by atoms with Crippen molar-refractivity contribution >= 4 is 11.7 Å². The summed E-state index contributed by atoms with van der Waals surface area (Å²) in [6.07, 6.45) is 3.04. The summed E-state index contributed by atoms with van der Waals surface area (Å²) >= 11 is 0. The van der Waals surface area contributed by atoms with Crippen molar-refractivity contribution in [2.75, 3.05) is 0 Å². The summed E-state index contributed by atoms with van der Waals surface area (Å²) in [5, 5.41) is 0. The molecule has 0 amide bonds. The van der Waals surface area contributed by atoms with Crippen LogP contribution in [0.3, 0.4) is 0 Å². The van der Waals surface area contributed by atoms with Crippen molar-refractivity contribution < 1.29 is 9.53 Å². The number of carbonyl (C=O) groups excluding carboxylic acids is 1. The molecule has 5 nitrogen and oxygen atoms in total. The summed E-state index contributed by atoms with van der Waals surface area (Å²) in [5.74, 6) is -0.770. The molecule has 0 spiro atoms. The molecule has 1 aromatic heterocycles. The van der Waals surface area contributed by atoms with Crippen LogP contribution >= 0.6 is 0 Å². The Balaban J connectivity index is 2.68. The number of allylic oxidation sites excluding steroid dienone is 1. The Bertz CT molecular complexity index is 756. The van der Waals surface area contributed by atoms with Crippen LogP contribution in [0.15, 0.2) is 34.6 Å². The maximum Gasteiger partial charge on any atom is 0.337 e. The minimum Gasteiger partial charge on any atom is -0.460 e. The second kappa shape index (κ2) is 8.06. The lowest BCUT2D eigenvalue weighted by Crippen LogP contribution is -2.34. The average molecular weight is 339 g/mol. The number of pyridine rings is 1. The van der Waals surface area contributed by atoms with Crippen LogP contribution in [0.5, 0.6) is 0 Å². The average Bonchev–Trinajstić information content (AvgIpc) is 2.54. The van der Waals surface area contributed by atoms with Crippen LogP contribution in [0.4, 0.5) is 0 Å². The maximum atomic E-state index is 12.9. The Labute approximate surface area is 149 Å². The van der Waals surface area contributed by atoms with Gasteiger partial charge in [-0.15, -0.1) is 0 Å². The fourth-order valence-corrected chi connectivity index (χ4v) is 3.19. The van der Waals surface area contributed by atoms with Crippen molar-refractivity contribution in [2.45, 2.75) is 65.5 Å². The minimum absolute atomic E-state index is 0.225. The molecule has 0 fully saturated rings. The molecule has 0 N–H and O–H groups in total. The van der Waals surface area contributed by atoms with E-state index in [4.69, 9.17) is 11.3 Å². The zero-order chi connectivity index (χ0) is 18.6. The minimum atomic E-state index is -0.516. The molecular weight excluding hydrogens is 314 g/mol. The van der Waals surface area contributed by atoms with Gasteiger partial charge < -0.3 is 9.58 Å². The van der Waals surface area contributed by atoms with Crippen LogP contribution in [0.2, 0.25) is 0 Å².